The summed E-state index contributed by atoms with van der Waals surface area (Å²) >= 11 is 0. The summed E-state index contributed by atoms with van der Waals surface area (Å²) in [7, 11) is 0. The number of hydrogen-bond donors (Lipinski definition) is 3. The number of nitrogens with two attached hydrogens (primary N) is 1. The van der Waals surface area contributed by atoms with Crippen molar-refractivity contribution in [3.63, 3.8) is 0 Å². The molecule has 2 fully saturated rings. The highest BCUT2D eigenvalue weighted by Gasteiger charge is 2.49. The lowest BCUT2D eigenvalue weighted by Gasteiger charge is -2.39. The van der Waals surface area contributed by atoms with Gasteiger partial charge in [0.25, 0.3) is 5.91 Å². The van der Waals surface area contributed by atoms with E-state index in [2.05, 4.69) is 10.6 Å². The second-order valence-electron chi connectivity index (χ2n) is 8.58. The molecule has 1 heterocycles. The van der Waals surface area contributed by atoms with Gasteiger partial charge in [0, 0.05) is 13.3 Å². The molecular formula is C23H31N3O5. The van der Waals surface area contributed by atoms with Crippen LogP contribution in [0, 0.1) is 5.92 Å². The minimum absolute atomic E-state index is 0.130. The molecule has 168 valence electrons. The number of rotatable bonds is 9. The molecule has 1 saturated heterocycles. The van der Waals surface area contributed by atoms with Crippen molar-refractivity contribution in [3.05, 3.63) is 35.9 Å². The van der Waals surface area contributed by atoms with Crippen molar-refractivity contribution >= 4 is 23.6 Å². The maximum absolute atomic E-state index is 13.2. The van der Waals surface area contributed by atoms with Crippen LogP contribution in [0.15, 0.2) is 30.3 Å². The Morgan fingerprint density at radius 2 is 1.84 bits per heavy atom. The first-order valence-electron chi connectivity index (χ1n) is 10.9. The molecular weight excluding hydrogens is 398 g/mol. The number of nitrogens with one attached hydrogen (secondary N) is 2. The van der Waals surface area contributed by atoms with Gasteiger partial charge in [0.1, 0.15) is 0 Å². The van der Waals surface area contributed by atoms with Crippen LogP contribution in [-0.4, -0.2) is 41.4 Å². The molecule has 0 aromatic heterocycles. The quantitative estimate of drug-likeness (QED) is 0.309. The number of Topliss-reactive ketones (excluding diaryl/α,β-unsaturated/α-hetero) is 1. The fourth-order valence-electron chi connectivity index (χ4n) is 4.35. The number of carbonyl (C=O) groups excluding carboxylic acids is 4. The Kier molecular flexibility index (Phi) is 7.43. The van der Waals surface area contributed by atoms with Crippen LogP contribution in [0.25, 0.3) is 0 Å². The third-order valence-electron chi connectivity index (χ3n) is 6.17. The van der Waals surface area contributed by atoms with Crippen LogP contribution < -0.4 is 16.4 Å². The van der Waals surface area contributed by atoms with Crippen LogP contribution in [0.1, 0.15) is 57.4 Å². The molecule has 4 N–H and O–H groups in total. The fourth-order valence-corrected chi connectivity index (χ4v) is 4.35. The summed E-state index contributed by atoms with van der Waals surface area (Å²) in [6.45, 7) is 1.22. The minimum atomic E-state index is -1.73. The van der Waals surface area contributed by atoms with Gasteiger partial charge in [-0.05, 0) is 24.3 Å². The fraction of sp³-hybridized carbons (Fsp3) is 0.565. The minimum Gasteiger partial charge on any atom is -0.439 e. The Morgan fingerprint density at radius 3 is 2.45 bits per heavy atom. The van der Waals surface area contributed by atoms with Crippen LogP contribution in [0.3, 0.4) is 0 Å². The molecule has 2 amide bonds. The summed E-state index contributed by atoms with van der Waals surface area (Å²) in [4.78, 5) is 49.5. The van der Waals surface area contributed by atoms with E-state index in [1.165, 1.54) is 6.92 Å². The predicted octanol–water partition coefficient (Wildman–Crippen LogP) is 1.36. The number of esters is 1. The average Bonchev–Trinajstić information content (AvgIpc) is 2.76. The highest BCUT2D eigenvalue weighted by Crippen LogP contribution is 2.31. The first-order chi connectivity index (χ1) is 14.8. The van der Waals surface area contributed by atoms with Crippen molar-refractivity contribution in [3.8, 4) is 0 Å². The van der Waals surface area contributed by atoms with Gasteiger partial charge in [-0.2, -0.15) is 0 Å². The van der Waals surface area contributed by atoms with E-state index in [0.717, 1.165) is 37.7 Å². The molecule has 0 unspecified atom stereocenters. The number of hydrogen-bond acceptors (Lipinski definition) is 6. The Balaban J connectivity index is 1.72. The number of ketones is 1. The zero-order chi connectivity index (χ0) is 22.4. The van der Waals surface area contributed by atoms with Crippen molar-refractivity contribution in [1.82, 2.24) is 10.6 Å². The van der Waals surface area contributed by atoms with E-state index in [0.29, 0.717) is 6.42 Å². The second kappa shape index (κ2) is 10.0. The van der Waals surface area contributed by atoms with Gasteiger partial charge in [0.05, 0.1) is 0 Å². The van der Waals surface area contributed by atoms with Crippen molar-refractivity contribution < 1.29 is 23.9 Å². The number of β-lactam (4-membered cyclic amide) rings is 1. The van der Waals surface area contributed by atoms with E-state index >= 15 is 0 Å². The molecule has 8 nitrogen and oxygen atoms in total. The molecule has 0 spiro atoms. The van der Waals surface area contributed by atoms with Crippen LogP contribution in [-0.2, 0) is 30.3 Å². The molecule has 3 rings (SSSR count). The molecule has 3 atom stereocenters. The van der Waals surface area contributed by atoms with E-state index < -0.39 is 35.6 Å². The molecule has 1 aliphatic heterocycles. The zero-order valence-electron chi connectivity index (χ0n) is 17.9. The topological polar surface area (TPSA) is 128 Å². The Labute approximate surface area is 182 Å². The maximum Gasteiger partial charge on any atom is 0.304 e. The Morgan fingerprint density at radius 1 is 1.16 bits per heavy atom. The van der Waals surface area contributed by atoms with Crippen molar-refractivity contribution in [2.45, 2.75) is 76.1 Å². The summed E-state index contributed by atoms with van der Waals surface area (Å²) in [5, 5.41) is 4.97. The molecule has 1 aromatic carbocycles. The third kappa shape index (κ3) is 5.70. The van der Waals surface area contributed by atoms with Crippen LogP contribution >= 0.6 is 0 Å². The number of benzene rings is 1. The van der Waals surface area contributed by atoms with Crippen molar-refractivity contribution in [1.29, 1.82) is 0 Å². The smallest absolute Gasteiger partial charge is 0.304 e. The number of ether oxygens (including phenoxy) is 1. The molecule has 1 saturated carbocycles. The van der Waals surface area contributed by atoms with Gasteiger partial charge in [-0.1, -0.05) is 62.4 Å². The SMILES string of the molecule is CC(=O)O[C@@H]1NC(=O)[C@H]1NC(=O)[C@](N)(CC1CCCCC1)C(=O)CCc1ccccc1. The lowest BCUT2D eigenvalue weighted by molar-refractivity contribution is -0.165. The summed E-state index contributed by atoms with van der Waals surface area (Å²) in [5.41, 5.74) is 5.76. The van der Waals surface area contributed by atoms with Gasteiger partial charge >= 0.3 is 5.97 Å². The Hall–Kier alpha value is -2.74. The highest BCUT2D eigenvalue weighted by atomic mass is 16.6. The molecule has 1 aliphatic carbocycles. The number of carbonyl (C=O) groups is 4. The third-order valence-corrected chi connectivity index (χ3v) is 6.17. The highest BCUT2D eigenvalue weighted by molar-refractivity contribution is 6.11. The molecule has 0 radical (unpaired) electrons. The second-order valence-corrected chi connectivity index (χ2v) is 8.58. The Bertz CT molecular complexity index is 822. The van der Waals surface area contributed by atoms with Crippen LogP contribution in [0.5, 0.6) is 0 Å². The number of aryl methyl sites for hydroxylation is 1. The van der Waals surface area contributed by atoms with Gasteiger partial charge in [-0.15, -0.1) is 0 Å². The number of amides is 2. The first-order valence-corrected chi connectivity index (χ1v) is 10.9. The first kappa shape index (κ1) is 22.9. The molecule has 8 heteroatoms. The standard InChI is InChI=1S/C23H31N3O5/c1-15(27)31-21-19(20(29)26-21)25-22(30)23(24,14-17-10-6-3-7-11-17)18(28)13-12-16-8-4-2-5-9-16/h2,4-5,8-9,17,19,21H,3,6-7,10-14,24H2,1H3,(H,25,30)(H,26,29)/t19-,21+,23+/m1/s1. The van der Waals surface area contributed by atoms with E-state index in [9.17, 15) is 19.2 Å². The van der Waals surface area contributed by atoms with E-state index in [4.69, 9.17) is 10.5 Å². The largest absolute Gasteiger partial charge is 0.439 e. The van der Waals surface area contributed by atoms with Gasteiger partial charge in [0.2, 0.25) is 12.1 Å². The van der Waals surface area contributed by atoms with Gasteiger partial charge in [-0.3, -0.25) is 19.2 Å². The van der Waals surface area contributed by atoms with Crippen LogP contribution in [0.2, 0.25) is 0 Å². The molecule has 2 aliphatic rings. The van der Waals surface area contributed by atoms with Crippen molar-refractivity contribution in [2.75, 3.05) is 0 Å². The normalized spacial score (nSPS) is 23.1. The van der Waals surface area contributed by atoms with Gasteiger partial charge < -0.3 is 21.1 Å². The van der Waals surface area contributed by atoms with E-state index in [1.807, 2.05) is 30.3 Å². The summed E-state index contributed by atoms with van der Waals surface area (Å²) in [6.07, 6.45) is 5.03. The van der Waals surface area contributed by atoms with Crippen molar-refractivity contribution in [2.24, 2.45) is 11.7 Å². The lowest BCUT2D eigenvalue weighted by atomic mass is 9.76. The van der Waals surface area contributed by atoms with E-state index in [-0.39, 0.29) is 24.5 Å². The predicted molar refractivity (Wildman–Crippen MR) is 114 cm³/mol. The average molecular weight is 430 g/mol. The summed E-state index contributed by atoms with van der Waals surface area (Å²) in [5.74, 6) is -1.90. The molecule has 0 bridgehead atoms. The summed E-state index contributed by atoms with van der Waals surface area (Å²) < 4.78 is 4.99. The monoisotopic (exact) mass is 429 g/mol. The van der Waals surface area contributed by atoms with Crippen LogP contribution in [0.4, 0.5) is 0 Å². The summed E-state index contributed by atoms with van der Waals surface area (Å²) in [6, 6.07) is 8.50. The zero-order valence-corrected chi connectivity index (χ0v) is 17.9. The van der Waals surface area contributed by atoms with Gasteiger partial charge in [-0.25, -0.2) is 0 Å². The maximum atomic E-state index is 13.2. The van der Waals surface area contributed by atoms with Gasteiger partial charge in [0.15, 0.2) is 17.4 Å². The molecule has 1 aromatic rings. The molecule has 31 heavy (non-hydrogen) atoms. The van der Waals surface area contributed by atoms with E-state index in [1.54, 1.807) is 0 Å². The lowest BCUT2D eigenvalue weighted by Crippen LogP contribution is -2.73.